The van der Waals surface area contributed by atoms with E-state index in [0.717, 1.165) is 29.7 Å². The topological polar surface area (TPSA) is 81.1 Å². The van der Waals surface area contributed by atoms with Crippen LogP contribution < -0.4 is 5.73 Å². The van der Waals surface area contributed by atoms with Gasteiger partial charge in [0.2, 0.25) is 5.91 Å². The normalized spacial score (nSPS) is 23.2. The summed E-state index contributed by atoms with van der Waals surface area (Å²) in [5, 5.41) is 11.2. The number of benzene rings is 2. The SMILES string of the molecule is NC(=O)c1ccc2c(c1)[C@@H](O)C([C@H]1c3ccccc3-c3cncn31)CC2. The van der Waals surface area contributed by atoms with Crippen LogP contribution in [-0.4, -0.2) is 20.6 Å². The summed E-state index contributed by atoms with van der Waals surface area (Å²) >= 11 is 0. The smallest absolute Gasteiger partial charge is 0.248 e. The van der Waals surface area contributed by atoms with Crippen LogP contribution in [0, 0.1) is 5.92 Å². The molecule has 0 saturated carbocycles. The predicted octanol–water partition coefficient (Wildman–Crippen LogP) is 2.85. The van der Waals surface area contributed by atoms with Crippen LogP contribution in [0.15, 0.2) is 55.0 Å². The summed E-state index contributed by atoms with van der Waals surface area (Å²) in [7, 11) is 0. The van der Waals surface area contributed by atoms with E-state index >= 15 is 0 Å². The summed E-state index contributed by atoms with van der Waals surface area (Å²) in [6.45, 7) is 0. The Kier molecular flexibility index (Phi) is 3.27. The third-order valence-corrected chi connectivity index (χ3v) is 5.83. The number of primary amides is 1. The summed E-state index contributed by atoms with van der Waals surface area (Å²) in [6, 6.07) is 13.8. The fourth-order valence-electron chi connectivity index (χ4n) is 4.60. The number of aliphatic hydroxyl groups excluding tert-OH is 1. The van der Waals surface area contributed by atoms with Crippen molar-refractivity contribution in [3.8, 4) is 11.3 Å². The number of carbonyl (C=O) groups is 1. The highest BCUT2D eigenvalue weighted by Gasteiger charge is 2.40. The Labute approximate surface area is 151 Å². The molecule has 1 unspecified atom stereocenters. The van der Waals surface area contributed by atoms with Crippen LogP contribution in [0.2, 0.25) is 0 Å². The average molecular weight is 345 g/mol. The number of hydrogen-bond donors (Lipinski definition) is 2. The molecule has 0 spiro atoms. The van der Waals surface area contributed by atoms with E-state index < -0.39 is 12.0 Å². The Balaban J connectivity index is 1.60. The molecule has 3 N–H and O–H groups in total. The van der Waals surface area contributed by atoms with Gasteiger partial charge in [-0.05, 0) is 41.7 Å². The molecular weight excluding hydrogens is 326 g/mol. The molecule has 5 nitrogen and oxygen atoms in total. The number of nitrogens with zero attached hydrogens (tertiary/aromatic N) is 2. The van der Waals surface area contributed by atoms with Crippen molar-refractivity contribution < 1.29 is 9.90 Å². The molecule has 3 aromatic rings. The van der Waals surface area contributed by atoms with Crippen molar-refractivity contribution in [3.05, 3.63) is 77.2 Å². The van der Waals surface area contributed by atoms with Crippen molar-refractivity contribution in [2.75, 3.05) is 0 Å². The molecule has 5 rings (SSSR count). The maximum absolute atomic E-state index is 11.6. The zero-order valence-electron chi connectivity index (χ0n) is 14.2. The first kappa shape index (κ1) is 15.3. The minimum absolute atomic E-state index is 0.0160. The van der Waals surface area contributed by atoms with Crippen molar-refractivity contribution in [2.24, 2.45) is 11.7 Å². The number of aliphatic hydroxyl groups is 1. The quantitative estimate of drug-likeness (QED) is 0.749. The molecule has 0 fully saturated rings. The number of rotatable bonds is 2. The lowest BCUT2D eigenvalue weighted by molar-refractivity contribution is 0.0719. The van der Waals surface area contributed by atoms with Crippen LogP contribution >= 0.6 is 0 Å². The first-order valence-corrected chi connectivity index (χ1v) is 8.87. The predicted molar refractivity (Wildman–Crippen MR) is 97.5 cm³/mol. The van der Waals surface area contributed by atoms with Gasteiger partial charge in [-0.15, -0.1) is 0 Å². The van der Waals surface area contributed by atoms with Crippen LogP contribution in [0.3, 0.4) is 0 Å². The molecule has 0 radical (unpaired) electrons. The second kappa shape index (κ2) is 5.54. The number of imidazole rings is 1. The third kappa shape index (κ3) is 2.07. The molecule has 0 bridgehead atoms. The van der Waals surface area contributed by atoms with E-state index in [-0.39, 0.29) is 12.0 Å². The number of carbonyl (C=O) groups excluding carboxylic acids is 1. The molecule has 0 saturated heterocycles. The van der Waals surface area contributed by atoms with Crippen molar-refractivity contribution >= 4 is 5.91 Å². The van der Waals surface area contributed by atoms with Crippen LogP contribution in [0.25, 0.3) is 11.3 Å². The minimum Gasteiger partial charge on any atom is -0.388 e. The minimum atomic E-state index is -0.649. The Morgan fingerprint density at radius 2 is 2.04 bits per heavy atom. The van der Waals surface area contributed by atoms with Gasteiger partial charge in [0, 0.05) is 17.0 Å². The highest BCUT2D eigenvalue weighted by Crippen LogP contribution is 2.49. The zero-order valence-corrected chi connectivity index (χ0v) is 14.2. The fourth-order valence-corrected chi connectivity index (χ4v) is 4.60. The molecule has 5 heteroatoms. The van der Waals surface area contributed by atoms with Gasteiger partial charge in [0.05, 0.1) is 30.4 Å². The van der Waals surface area contributed by atoms with Gasteiger partial charge in [-0.2, -0.15) is 0 Å². The number of nitrogens with two attached hydrogens (primary N) is 1. The van der Waals surface area contributed by atoms with Gasteiger partial charge < -0.3 is 15.4 Å². The van der Waals surface area contributed by atoms with Crippen molar-refractivity contribution in [1.29, 1.82) is 0 Å². The largest absolute Gasteiger partial charge is 0.388 e. The summed E-state index contributed by atoms with van der Waals surface area (Å²) in [5.41, 5.74) is 11.3. The van der Waals surface area contributed by atoms with Gasteiger partial charge in [-0.1, -0.05) is 30.3 Å². The molecule has 130 valence electrons. The lowest BCUT2D eigenvalue weighted by Crippen LogP contribution is -2.29. The van der Waals surface area contributed by atoms with Gasteiger partial charge in [-0.3, -0.25) is 4.79 Å². The maximum atomic E-state index is 11.6. The van der Waals surface area contributed by atoms with Crippen LogP contribution in [-0.2, 0) is 6.42 Å². The van der Waals surface area contributed by atoms with Crippen LogP contribution in [0.4, 0.5) is 0 Å². The van der Waals surface area contributed by atoms with Gasteiger partial charge >= 0.3 is 0 Å². The number of hydrogen-bond acceptors (Lipinski definition) is 3. The molecule has 1 aliphatic carbocycles. The number of fused-ring (bicyclic) bond motifs is 4. The Morgan fingerprint density at radius 3 is 2.88 bits per heavy atom. The molecule has 3 atom stereocenters. The monoisotopic (exact) mass is 345 g/mol. The maximum Gasteiger partial charge on any atom is 0.248 e. The van der Waals surface area contributed by atoms with Gasteiger partial charge in [-0.25, -0.2) is 4.98 Å². The number of aromatic nitrogens is 2. The molecule has 26 heavy (non-hydrogen) atoms. The van der Waals surface area contributed by atoms with Crippen molar-refractivity contribution in [1.82, 2.24) is 9.55 Å². The average Bonchev–Trinajstić information content (AvgIpc) is 3.23. The lowest BCUT2D eigenvalue weighted by atomic mass is 9.75. The molecule has 1 aromatic heterocycles. The van der Waals surface area contributed by atoms with Crippen LogP contribution in [0.5, 0.6) is 0 Å². The van der Waals surface area contributed by atoms with E-state index in [1.165, 1.54) is 11.1 Å². The standard InChI is InChI=1S/C21H19N3O2/c22-21(26)13-6-5-12-7-8-16(20(25)17(12)9-13)19-15-4-2-1-3-14(15)18-10-23-11-24(18)19/h1-6,9-11,16,19-20,25H,7-8H2,(H2,22,26)/t16?,19-,20+/m1/s1. The highest BCUT2D eigenvalue weighted by molar-refractivity contribution is 5.93. The highest BCUT2D eigenvalue weighted by atomic mass is 16.3. The van der Waals surface area contributed by atoms with Gasteiger partial charge in [0.1, 0.15) is 0 Å². The summed E-state index contributed by atoms with van der Waals surface area (Å²) in [6.07, 6.45) is 4.83. The van der Waals surface area contributed by atoms with Gasteiger partial charge in [0.15, 0.2) is 0 Å². The number of amides is 1. The second-order valence-electron chi connectivity index (χ2n) is 7.14. The van der Waals surface area contributed by atoms with Gasteiger partial charge in [0.25, 0.3) is 0 Å². The molecule has 1 amide bonds. The molecule has 2 aromatic carbocycles. The molecule has 2 aliphatic rings. The summed E-state index contributed by atoms with van der Waals surface area (Å²) in [4.78, 5) is 15.9. The van der Waals surface area contributed by atoms with E-state index in [0.29, 0.717) is 5.56 Å². The molecular formula is C21H19N3O2. The Bertz CT molecular complexity index is 1020. The van der Waals surface area contributed by atoms with E-state index in [4.69, 9.17) is 5.73 Å². The summed E-state index contributed by atoms with van der Waals surface area (Å²) in [5.74, 6) is -0.451. The third-order valence-electron chi connectivity index (χ3n) is 5.83. The summed E-state index contributed by atoms with van der Waals surface area (Å²) < 4.78 is 2.17. The molecule has 2 heterocycles. The van der Waals surface area contributed by atoms with Crippen LogP contribution in [0.1, 0.15) is 45.6 Å². The Hall–Kier alpha value is -2.92. The second-order valence-corrected chi connectivity index (χ2v) is 7.14. The lowest BCUT2D eigenvalue weighted by Gasteiger charge is -2.35. The Morgan fingerprint density at radius 1 is 1.19 bits per heavy atom. The first-order chi connectivity index (χ1) is 12.6. The van der Waals surface area contributed by atoms with E-state index in [1.807, 2.05) is 30.7 Å². The van der Waals surface area contributed by atoms with E-state index in [9.17, 15) is 9.90 Å². The molecule has 1 aliphatic heterocycles. The van der Waals surface area contributed by atoms with Crippen molar-refractivity contribution in [3.63, 3.8) is 0 Å². The fraction of sp³-hybridized carbons (Fsp3) is 0.238. The first-order valence-electron chi connectivity index (χ1n) is 8.87. The number of aryl methyl sites for hydroxylation is 1. The van der Waals surface area contributed by atoms with E-state index in [2.05, 4.69) is 21.7 Å². The zero-order chi connectivity index (χ0) is 17.8. The van der Waals surface area contributed by atoms with E-state index in [1.54, 1.807) is 12.1 Å². The van der Waals surface area contributed by atoms with Crippen molar-refractivity contribution in [2.45, 2.75) is 25.0 Å².